The molecule has 0 radical (unpaired) electrons. The van der Waals surface area contributed by atoms with Crippen LogP contribution < -0.4 is 15.9 Å². The number of hydrogen-bond donors (Lipinski definition) is 0. The van der Waals surface area contributed by atoms with E-state index in [1.54, 1.807) is 10.6 Å². The van der Waals surface area contributed by atoms with E-state index in [1.165, 1.54) is 18.1 Å². The second-order valence-corrected chi connectivity index (χ2v) is 11.2. The van der Waals surface area contributed by atoms with Gasteiger partial charge in [-0.2, -0.15) is 0 Å². The maximum atomic E-state index is 2.46. The van der Waals surface area contributed by atoms with Gasteiger partial charge in [-0.3, -0.25) is 0 Å². The Balaban J connectivity index is 2.00. The Bertz CT molecular complexity index is 584. The lowest BCUT2D eigenvalue weighted by atomic mass is 10.2. The highest BCUT2D eigenvalue weighted by atomic mass is 31.1. The van der Waals surface area contributed by atoms with Crippen molar-refractivity contribution in [3.05, 3.63) is 54.6 Å². The molecular formula is C19H24P2. The molecule has 0 nitrogen and oxygen atoms in total. The summed E-state index contributed by atoms with van der Waals surface area (Å²) >= 11 is 0. The minimum Gasteiger partial charge on any atom is -0.0688 e. The van der Waals surface area contributed by atoms with Gasteiger partial charge in [-0.25, -0.2) is 0 Å². The van der Waals surface area contributed by atoms with Gasteiger partial charge >= 0.3 is 0 Å². The standard InChI is InChI=1S/C19H24P2/c1-15-13-14-16(2)21(15)19-12-8-7-11-18(19)20(3)17-9-5-4-6-10-17/h4-12,15-16H,13-14H2,1-3H3/t15-,16-,20+/m1/s1. The molecule has 2 heteroatoms. The summed E-state index contributed by atoms with van der Waals surface area (Å²) in [6.07, 6.45) is 2.82. The fraction of sp³-hybridized carbons (Fsp3) is 0.368. The van der Waals surface area contributed by atoms with E-state index in [0.29, 0.717) is 0 Å². The highest BCUT2D eigenvalue weighted by Gasteiger charge is 2.33. The molecule has 0 spiro atoms. The van der Waals surface area contributed by atoms with E-state index in [0.717, 1.165) is 11.3 Å². The Morgan fingerprint density at radius 1 is 0.857 bits per heavy atom. The van der Waals surface area contributed by atoms with Crippen molar-refractivity contribution in [3.63, 3.8) is 0 Å². The van der Waals surface area contributed by atoms with Crippen LogP contribution in [0.3, 0.4) is 0 Å². The van der Waals surface area contributed by atoms with Gasteiger partial charge in [0.25, 0.3) is 0 Å². The van der Waals surface area contributed by atoms with Crippen LogP contribution >= 0.6 is 15.8 Å². The first kappa shape index (κ1) is 15.2. The minimum atomic E-state index is -0.230. The molecule has 0 bridgehead atoms. The normalized spacial score (nSPS) is 24.1. The summed E-state index contributed by atoms with van der Waals surface area (Å²) in [5.74, 6) is 0. The molecule has 0 saturated carbocycles. The van der Waals surface area contributed by atoms with Gasteiger partial charge in [0, 0.05) is 0 Å². The Hall–Kier alpha value is -0.700. The van der Waals surface area contributed by atoms with Gasteiger partial charge in [0.05, 0.1) is 0 Å². The van der Waals surface area contributed by atoms with Crippen molar-refractivity contribution >= 4 is 31.8 Å². The van der Waals surface area contributed by atoms with Crippen molar-refractivity contribution in [2.45, 2.75) is 38.0 Å². The summed E-state index contributed by atoms with van der Waals surface area (Å²) in [6, 6.07) is 20.3. The topological polar surface area (TPSA) is 0 Å². The van der Waals surface area contributed by atoms with Crippen molar-refractivity contribution in [2.24, 2.45) is 0 Å². The third kappa shape index (κ3) is 3.08. The molecule has 1 aliphatic heterocycles. The zero-order chi connectivity index (χ0) is 14.8. The fourth-order valence-electron chi connectivity index (χ4n) is 3.43. The first-order valence-electron chi connectivity index (χ1n) is 7.84. The molecule has 0 N–H and O–H groups in total. The second-order valence-electron chi connectivity index (χ2n) is 6.07. The summed E-state index contributed by atoms with van der Waals surface area (Å²) in [5, 5.41) is 4.79. The Labute approximate surface area is 131 Å². The molecule has 0 aliphatic carbocycles. The maximum absolute atomic E-state index is 2.46. The molecule has 0 unspecified atom stereocenters. The summed E-state index contributed by atoms with van der Waals surface area (Å²) < 4.78 is 0. The molecule has 2 aromatic carbocycles. The van der Waals surface area contributed by atoms with Gasteiger partial charge in [-0.05, 0) is 54.7 Å². The second kappa shape index (κ2) is 6.60. The fourth-order valence-corrected chi connectivity index (χ4v) is 9.12. The summed E-state index contributed by atoms with van der Waals surface area (Å²) in [7, 11) is -0.220. The maximum Gasteiger partial charge on any atom is -0.0121 e. The van der Waals surface area contributed by atoms with Crippen LogP contribution in [0.2, 0.25) is 0 Å². The molecule has 3 atom stereocenters. The van der Waals surface area contributed by atoms with E-state index in [9.17, 15) is 0 Å². The van der Waals surface area contributed by atoms with Crippen molar-refractivity contribution in [2.75, 3.05) is 6.66 Å². The third-order valence-corrected chi connectivity index (χ3v) is 10.3. The Kier molecular flexibility index (Phi) is 4.78. The van der Waals surface area contributed by atoms with Crippen LogP contribution in [0.5, 0.6) is 0 Å². The van der Waals surface area contributed by atoms with E-state index in [-0.39, 0.29) is 15.8 Å². The van der Waals surface area contributed by atoms with Crippen LogP contribution in [0.1, 0.15) is 26.7 Å². The lowest BCUT2D eigenvalue weighted by Crippen LogP contribution is -2.28. The summed E-state index contributed by atoms with van der Waals surface area (Å²) in [6.45, 7) is 7.35. The molecule has 1 fully saturated rings. The smallest absolute Gasteiger partial charge is 0.0121 e. The summed E-state index contributed by atoms with van der Waals surface area (Å²) in [5.41, 5.74) is 1.77. The molecule has 2 aromatic rings. The molecule has 3 rings (SSSR count). The molecule has 1 aliphatic rings. The Morgan fingerprint density at radius 3 is 2.10 bits per heavy atom. The van der Waals surface area contributed by atoms with Crippen molar-refractivity contribution in [1.82, 2.24) is 0 Å². The first-order valence-corrected chi connectivity index (χ1v) is 11.1. The van der Waals surface area contributed by atoms with Gasteiger partial charge in [0.2, 0.25) is 0 Å². The Morgan fingerprint density at radius 2 is 1.43 bits per heavy atom. The monoisotopic (exact) mass is 314 g/mol. The zero-order valence-corrected chi connectivity index (χ0v) is 14.9. The van der Waals surface area contributed by atoms with Crippen LogP contribution in [0.25, 0.3) is 0 Å². The predicted molar refractivity (Wildman–Crippen MR) is 99.7 cm³/mol. The van der Waals surface area contributed by atoms with Crippen LogP contribution in [0.15, 0.2) is 54.6 Å². The van der Waals surface area contributed by atoms with Gasteiger partial charge in [-0.1, -0.05) is 76.4 Å². The largest absolute Gasteiger partial charge is 0.0688 e. The van der Waals surface area contributed by atoms with Gasteiger partial charge in [0.1, 0.15) is 0 Å². The molecule has 1 heterocycles. The highest BCUT2D eigenvalue weighted by molar-refractivity contribution is 7.76. The minimum absolute atomic E-state index is 0.00994. The average Bonchev–Trinajstić information content (AvgIpc) is 2.86. The predicted octanol–water partition coefficient (Wildman–Crippen LogP) is 4.43. The van der Waals surface area contributed by atoms with E-state index < -0.39 is 0 Å². The molecule has 0 aromatic heterocycles. The summed E-state index contributed by atoms with van der Waals surface area (Å²) in [4.78, 5) is 0. The average molecular weight is 314 g/mol. The molecule has 21 heavy (non-hydrogen) atoms. The third-order valence-electron chi connectivity index (χ3n) is 4.62. The molecule has 110 valence electrons. The van der Waals surface area contributed by atoms with Crippen molar-refractivity contribution < 1.29 is 0 Å². The lowest BCUT2D eigenvalue weighted by molar-refractivity contribution is 0.777. The quantitative estimate of drug-likeness (QED) is 0.735. The van der Waals surface area contributed by atoms with E-state index in [4.69, 9.17) is 0 Å². The number of rotatable bonds is 3. The van der Waals surface area contributed by atoms with Crippen LogP contribution in [-0.2, 0) is 0 Å². The van der Waals surface area contributed by atoms with Crippen molar-refractivity contribution in [3.8, 4) is 0 Å². The van der Waals surface area contributed by atoms with E-state index >= 15 is 0 Å². The number of hydrogen-bond acceptors (Lipinski definition) is 0. The van der Waals surface area contributed by atoms with Crippen LogP contribution in [-0.4, -0.2) is 18.0 Å². The SMILES string of the molecule is C[C@@H]1CC[C@@H](C)P1c1ccccc1[P@@](C)c1ccccc1. The molecule has 0 amide bonds. The first-order chi connectivity index (χ1) is 10.2. The van der Waals surface area contributed by atoms with Gasteiger partial charge in [0.15, 0.2) is 0 Å². The zero-order valence-electron chi connectivity index (χ0n) is 13.2. The van der Waals surface area contributed by atoms with Crippen LogP contribution in [0, 0.1) is 0 Å². The lowest BCUT2D eigenvalue weighted by Gasteiger charge is -2.27. The molecule has 1 saturated heterocycles. The van der Waals surface area contributed by atoms with Crippen molar-refractivity contribution in [1.29, 1.82) is 0 Å². The van der Waals surface area contributed by atoms with Crippen LogP contribution in [0.4, 0.5) is 0 Å². The van der Waals surface area contributed by atoms with E-state index in [1.807, 2.05) is 0 Å². The van der Waals surface area contributed by atoms with E-state index in [2.05, 4.69) is 75.1 Å². The molecular weight excluding hydrogens is 290 g/mol. The number of benzene rings is 2. The van der Waals surface area contributed by atoms with Gasteiger partial charge < -0.3 is 0 Å². The van der Waals surface area contributed by atoms with Gasteiger partial charge in [-0.15, -0.1) is 0 Å². The highest BCUT2D eigenvalue weighted by Crippen LogP contribution is 2.54.